The summed E-state index contributed by atoms with van der Waals surface area (Å²) in [5.74, 6) is 0. The number of rotatable bonds is 3. The maximum Gasteiger partial charge on any atom is 0.107 e. The van der Waals surface area contributed by atoms with Crippen molar-refractivity contribution in [1.29, 1.82) is 0 Å². The summed E-state index contributed by atoms with van der Waals surface area (Å²) < 4.78 is 0.855. The number of halogens is 2. The molecular formula is C14H12BrClN2S. The van der Waals surface area contributed by atoms with Gasteiger partial charge in [-0.1, -0.05) is 36.0 Å². The molecule has 0 saturated heterocycles. The van der Waals surface area contributed by atoms with E-state index in [1.807, 2.05) is 43.3 Å². The predicted octanol–water partition coefficient (Wildman–Crippen LogP) is 4.79. The summed E-state index contributed by atoms with van der Waals surface area (Å²) in [4.78, 5) is 0.332. The van der Waals surface area contributed by atoms with Gasteiger partial charge in [0, 0.05) is 15.7 Å². The summed E-state index contributed by atoms with van der Waals surface area (Å²) in [6.45, 7) is 2.01. The first kappa shape index (κ1) is 14.3. The fourth-order valence-electron chi connectivity index (χ4n) is 1.76. The third-order valence-corrected chi connectivity index (χ3v) is 3.85. The van der Waals surface area contributed by atoms with E-state index in [4.69, 9.17) is 29.6 Å². The van der Waals surface area contributed by atoms with E-state index in [9.17, 15) is 0 Å². The van der Waals surface area contributed by atoms with E-state index in [2.05, 4.69) is 21.2 Å². The number of nitrogens with two attached hydrogens (primary N) is 1. The molecule has 0 spiro atoms. The highest BCUT2D eigenvalue weighted by Gasteiger charge is 2.10. The highest BCUT2D eigenvalue weighted by atomic mass is 79.9. The summed E-state index contributed by atoms with van der Waals surface area (Å²) in [7, 11) is 0. The van der Waals surface area contributed by atoms with Crippen molar-refractivity contribution in [3.05, 3.63) is 57.0 Å². The average molecular weight is 356 g/mol. The molecule has 0 amide bonds. The van der Waals surface area contributed by atoms with Crippen molar-refractivity contribution in [2.45, 2.75) is 6.92 Å². The monoisotopic (exact) mass is 354 g/mol. The Hall–Kier alpha value is -1.10. The van der Waals surface area contributed by atoms with Gasteiger partial charge in [0.25, 0.3) is 0 Å². The fourth-order valence-corrected chi connectivity index (χ4v) is 2.85. The second-order valence-electron chi connectivity index (χ2n) is 4.13. The first-order chi connectivity index (χ1) is 8.99. The molecule has 0 atom stereocenters. The topological polar surface area (TPSA) is 38.0 Å². The summed E-state index contributed by atoms with van der Waals surface area (Å²) in [6, 6.07) is 11.5. The summed E-state index contributed by atoms with van der Waals surface area (Å²) in [5.41, 5.74) is 9.32. The van der Waals surface area contributed by atoms with Crippen LogP contribution in [0.5, 0.6) is 0 Å². The van der Waals surface area contributed by atoms with Crippen molar-refractivity contribution in [2.24, 2.45) is 5.73 Å². The molecule has 0 heterocycles. The Morgan fingerprint density at radius 1 is 1.26 bits per heavy atom. The minimum absolute atomic E-state index is 0.332. The molecule has 5 heteroatoms. The van der Waals surface area contributed by atoms with Crippen LogP contribution in [0.15, 0.2) is 40.9 Å². The van der Waals surface area contributed by atoms with E-state index in [1.165, 1.54) is 0 Å². The van der Waals surface area contributed by atoms with Gasteiger partial charge in [0.05, 0.1) is 10.7 Å². The molecule has 19 heavy (non-hydrogen) atoms. The number of benzene rings is 2. The molecular weight excluding hydrogens is 344 g/mol. The summed E-state index contributed by atoms with van der Waals surface area (Å²) >= 11 is 14.7. The lowest BCUT2D eigenvalue weighted by atomic mass is 10.1. The zero-order valence-corrected chi connectivity index (χ0v) is 13.4. The molecule has 2 rings (SSSR count). The second-order valence-corrected chi connectivity index (χ2v) is 5.84. The van der Waals surface area contributed by atoms with Gasteiger partial charge in [-0.3, -0.25) is 0 Å². The standard InChI is InChI=1S/C14H12BrClN2S/c1-8-5-6-10(16)12(7-8)18-11-4-2-3-9(15)13(11)14(17)19/h2-7,18H,1H3,(H2,17,19). The Balaban J connectivity index is 2.46. The maximum atomic E-state index is 6.18. The first-order valence-electron chi connectivity index (χ1n) is 5.60. The first-order valence-corrected chi connectivity index (χ1v) is 7.18. The van der Waals surface area contributed by atoms with E-state index < -0.39 is 0 Å². The number of hydrogen-bond donors (Lipinski definition) is 2. The molecule has 2 aromatic rings. The quantitative estimate of drug-likeness (QED) is 0.778. The molecule has 0 bridgehead atoms. The molecule has 0 aliphatic carbocycles. The van der Waals surface area contributed by atoms with Crippen molar-refractivity contribution < 1.29 is 0 Å². The lowest BCUT2D eigenvalue weighted by molar-refractivity contribution is 1.44. The zero-order chi connectivity index (χ0) is 14.0. The molecule has 0 radical (unpaired) electrons. The van der Waals surface area contributed by atoms with E-state index in [1.54, 1.807) is 0 Å². The van der Waals surface area contributed by atoms with E-state index >= 15 is 0 Å². The smallest absolute Gasteiger partial charge is 0.107 e. The molecule has 0 fully saturated rings. The molecule has 2 aromatic carbocycles. The number of hydrogen-bond acceptors (Lipinski definition) is 2. The minimum Gasteiger partial charge on any atom is -0.389 e. The van der Waals surface area contributed by atoms with Gasteiger partial charge in [0.15, 0.2) is 0 Å². The Morgan fingerprint density at radius 2 is 2.00 bits per heavy atom. The molecule has 2 nitrogen and oxygen atoms in total. The summed E-state index contributed by atoms with van der Waals surface area (Å²) in [5, 5.41) is 3.93. The van der Waals surface area contributed by atoms with Gasteiger partial charge in [-0.25, -0.2) is 0 Å². The Kier molecular flexibility index (Phi) is 4.45. The van der Waals surface area contributed by atoms with Crippen LogP contribution < -0.4 is 11.1 Å². The van der Waals surface area contributed by atoms with Crippen LogP contribution in [0.25, 0.3) is 0 Å². The number of nitrogens with one attached hydrogen (secondary N) is 1. The molecule has 0 aromatic heterocycles. The number of aryl methyl sites for hydroxylation is 1. The molecule has 0 aliphatic heterocycles. The van der Waals surface area contributed by atoms with Crippen LogP contribution >= 0.6 is 39.7 Å². The van der Waals surface area contributed by atoms with Crippen LogP contribution in [0.2, 0.25) is 5.02 Å². The van der Waals surface area contributed by atoms with Gasteiger partial charge in [-0.05, 0) is 52.7 Å². The third-order valence-electron chi connectivity index (χ3n) is 2.65. The zero-order valence-electron chi connectivity index (χ0n) is 10.2. The van der Waals surface area contributed by atoms with Crippen LogP contribution in [-0.2, 0) is 0 Å². The van der Waals surface area contributed by atoms with Gasteiger partial charge < -0.3 is 11.1 Å². The normalized spacial score (nSPS) is 10.3. The van der Waals surface area contributed by atoms with Gasteiger partial charge in [-0.2, -0.15) is 0 Å². The fraction of sp³-hybridized carbons (Fsp3) is 0.0714. The second kappa shape index (κ2) is 5.90. The van der Waals surface area contributed by atoms with Crippen molar-refractivity contribution in [3.63, 3.8) is 0 Å². The Bertz CT molecular complexity index is 643. The Morgan fingerprint density at radius 3 is 2.68 bits per heavy atom. The van der Waals surface area contributed by atoms with Crippen molar-refractivity contribution in [1.82, 2.24) is 0 Å². The van der Waals surface area contributed by atoms with Gasteiger partial charge in [0.1, 0.15) is 4.99 Å². The highest BCUT2D eigenvalue weighted by molar-refractivity contribution is 9.10. The predicted molar refractivity (Wildman–Crippen MR) is 89.5 cm³/mol. The van der Waals surface area contributed by atoms with Crippen LogP contribution in [0.4, 0.5) is 11.4 Å². The van der Waals surface area contributed by atoms with Crippen LogP contribution in [-0.4, -0.2) is 4.99 Å². The van der Waals surface area contributed by atoms with Crippen molar-refractivity contribution in [3.8, 4) is 0 Å². The maximum absolute atomic E-state index is 6.18. The lowest BCUT2D eigenvalue weighted by Crippen LogP contribution is -2.12. The molecule has 0 unspecified atom stereocenters. The van der Waals surface area contributed by atoms with Crippen LogP contribution in [0.3, 0.4) is 0 Å². The number of thiocarbonyl (C=S) groups is 1. The Labute approximate surface area is 131 Å². The van der Waals surface area contributed by atoms with Gasteiger partial charge in [0.2, 0.25) is 0 Å². The highest BCUT2D eigenvalue weighted by Crippen LogP contribution is 2.31. The molecule has 98 valence electrons. The van der Waals surface area contributed by atoms with E-state index in [0.29, 0.717) is 10.0 Å². The largest absolute Gasteiger partial charge is 0.389 e. The molecule has 0 aliphatic rings. The van der Waals surface area contributed by atoms with Gasteiger partial charge in [-0.15, -0.1) is 0 Å². The van der Waals surface area contributed by atoms with E-state index in [-0.39, 0.29) is 0 Å². The minimum atomic E-state index is 0.332. The lowest BCUT2D eigenvalue weighted by Gasteiger charge is -2.14. The average Bonchev–Trinajstić information content (AvgIpc) is 2.33. The number of anilines is 2. The van der Waals surface area contributed by atoms with Crippen molar-refractivity contribution >= 4 is 56.1 Å². The van der Waals surface area contributed by atoms with Crippen molar-refractivity contribution in [2.75, 3.05) is 5.32 Å². The van der Waals surface area contributed by atoms with Crippen LogP contribution in [0.1, 0.15) is 11.1 Å². The summed E-state index contributed by atoms with van der Waals surface area (Å²) in [6.07, 6.45) is 0. The SMILES string of the molecule is Cc1ccc(Cl)c(Nc2cccc(Br)c2C(N)=S)c1. The molecule has 0 saturated carbocycles. The third kappa shape index (κ3) is 3.26. The van der Waals surface area contributed by atoms with E-state index in [0.717, 1.165) is 27.0 Å². The molecule has 3 N–H and O–H groups in total. The van der Waals surface area contributed by atoms with Crippen LogP contribution in [0, 0.1) is 6.92 Å². The van der Waals surface area contributed by atoms with Gasteiger partial charge >= 0.3 is 0 Å².